The van der Waals surface area contributed by atoms with Gasteiger partial charge >= 0.3 is 0 Å². The van der Waals surface area contributed by atoms with Crippen molar-refractivity contribution in [2.45, 2.75) is 26.9 Å². The number of anilines is 1. The minimum absolute atomic E-state index is 0.0884. The van der Waals surface area contributed by atoms with Crippen LogP contribution in [0.15, 0.2) is 48.7 Å². The zero-order valence-corrected chi connectivity index (χ0v) is 14.2. The van der Waals surface area contributed by atoms with Crippen LogP contribution in [-0.2, 0) is 17.8 Å². The molecule has 0 atom stereocenters. The van der Waals surface area contributed by atoms with E-state index >= 15 is 0 Å². The van der Waals surface area contributed by atoms with Crippen LogP contribution in [0.2, 0.25) is 0 Å². The fourth-order valence-corrected chi connectivity index (χ4v) is 2.50. The molecule has 0 bridgehead atoms. The largest absolute Gasteiger partial charge is 0.487 e. The molecule has 2 heterocycles. The number of nitrogens with one attached hydrogen (secondary N) is 2. The lowest BCUT2D eigenvalue weighted by Crippen LogP contribution is -2.15. The van der Waals surface area contributed by atoms with E-state index < -0.39 is 0 Å². The van der Waals surface area contributed by atoms with Crippen LogP contribution in [-0.4, -0.2) is 21.1 Å². The molecule has 1 amide bonds. The summed E-state index contributed by atoms with van der Waals surface area (Å²) in [4.78, 5) is 16.5. The first kappa shape index (κ1) is 16.7. The summed E-state index contributed by atoms with van der Waals surface area (Å²) in [6, 6.07) is 13.0. The summed E-state index contributed by atoms with van der Waals surface area (Å²) in [5.41, 5.74) is 4.24. The Morgan fingerprint density at radius 2 is 2.08 bits per heavy atom. The third-order valence-electron chi connectivity index (χ3n) is 3.85. The molecule has 2 N–H and O–H groups in total. The number of aromatic amines is 1. The molecule has 128 valence electrons. The number of aryl methyl sites for hydroxylation is 2. The molecular formula is C19H20N4O2. The molecule has 0 fully saturated rings. The SMILES string of the molecule is Cc1n[nH]c(C)c1CC(=O)Nc1cccc(OCc2ccccn2)c1. The summed E-state index contributed by atoms with van der Waals surface area (Å²) in [7, 11) is 0. The molecule has 0 aliphatic rings. The van der Waals surface area contributed by atoms with Gasteiger partial charge < -0.3 is 10.1 Å². The molecule has 0 spiro atoms. The lowest BCUT2D eigenvalue weighted by Gasteiger charge is -2.09. The van der Waals surface area contributed by atoms with Gasteiger partial charge in [-0.3, -0.25) is 14.9 Å². The number of hydrogen-bond donors (Lipinski definition) is 2. The van der Waals surface area contributed by atoms with Crippen molar-refractivity contribution in [1.29, 1.82) is 0 Å². The monoisotopic (exact) mass is 336 g/mol. The number of amides is 1. The highest BCUT2D eigenvalue weighted by atomic mass is 16.5. The number of rotatable bonds is 6. The van der Waals surface area contributed by atoms with Gasteiger partial charge in [0.25, 0.3) is 0 Å². The average Bonchev–Trinajstić information content (AvgIpc) is 2.93. The lowest BCUT2D eigenvalue weighted by molar-refractivity contribution is -0.115. The van der Waals surface area contributed by atoms with Gasteiger partial charge in [-0.25, -0.2) is 0 Å². The number of aromatic nitrogens is 3. The summed E-state index contributed by atoms with van der Waals surface area (Å²) in [6.07, 6.45) is 2.02. The molecule has 3 rings (SSSR count). The molecule has 25 heavy (non-hydrogen) atoms. The summed E-state index contributed by atoms with van der Waals surface area (Å²) in [6.45, 7) is 4.18. The first-order valence-corrected chi connectivity index (χ1v) is 8.05. The van der Waals surface area contributed by atoms with E-state index in [2.05, 4.69) is 20.5 Å². The second-order valence-electron chi connectivity index (χ2n) is 5.78. The topological polar surface area (TPSA) is 79.9 Å². The number of hydrogen-bond acceptors (Lipinski definition) is 4. The maximum atomic E-state index is 12.3. The van der Waals surface area contributed by atoms with Crippen molar-refractivity contribution >= 4 is 11.6 Å². The van der Waals surface area contributed by atoms with Gasteiger partial charge in [0, 0.05) is 29.2 Å². The van der Waals surface area contributed by atoms with E-state index in [0.717, 1.165) is 22.6 Å². The molecule has 0 saturated carbocycles. The molecule has 1 aromatic carbocycles. The van der Waals surface area contributed by atoms with E-state index in [9.17, 15) is 4.79 Å². The molecule has 0 saturated heterocycles. The molecule has 0 unspecified atom stereocenters. The molecule has 3 aromatic rings. The summed E-state index contributed by atoms with van der Waals surface area (Å²) >= 11 is 0. The van der Waals surface area contributed by atoms with Gasteiger partial charge in [-0.05, 0) is 38.1 Å². The number of benzene rings is 1. The van der Waals surface area contributed by atoms with Crippen LogP contribution in [0, 0.1) is 13.8 Å². The zero-order chi connectivity index (χ0) is 17.6. The van der Waals surface area contributed by atoms with Crippen molar-refractivity contribution in [3.8, 4) is 5.75 Å². The number of H-pyrrole nitrogens is 1. The van der Waals surface area contributed by atoms with Crippen LogP contribution >= 0.6 is 0 Å². The van der Waals surface area contributed by atoms with E-state index in [1.165, 1.54) is 0 Å². The quantitative estimate of drug-likeness (QED) is 0.724. The zero-order valence-electron chi connectivity index (χ0n) is 14.2. The highest BCUT2D eigenvalue weighted by Gasteiger charge is 2.11. The Kier molecular flexibility index (Phi) is 5.09. The first-order valence-electron chi connectivity index (χ1n) is 8.05. The average molecular weight is 336 g/mol. The minimum atomic E-state index is -0.0884. The Hall–Kier alpha value is -3.15. The van der Waals surface area contributed by atoms with E-state index in [1.54, 1.807) is 12.3 Å². The van der Waals surface area contributed by atoms with Gasteiger partial charge in [0.2, 0.25) is 5.91 Å². The smallest absolute Gasteiger partial charge is 0.228 e. The van der Waals surface area contributed by atoms with Crippen LogP contribution in [0.1, 0.15) is 22.6 Å². The molecule has 0 radical (unpaired) electrons. The Labute approximate surface area is 146 Å². The van der Waals surface area contributed by atoms with Crippen LogP contribution < -0.4 is 10.1 Å². The molecule has 2 aromatic heterocycles. The standard InChI is InChI=1S/C19H20N4O2/c1-13-18(14(2)23-22-13)11-19(24)21-15-7-5-8-17(10-15)25-12-16-6-3-4-9-20-16/h3-10H,11-12H2,1-2H3,(H,21,24)(H,22,23). The minimum Gasteiger partial charge on any atom is -0.487 e. The second kappa shape index (κ2) is 7.61. The summed E-state index contributed by atoms with van der Waals surface area (Å²) in [5, 5.41) is 9.90. The predicted molar refractivity (Wildman–Crippen MR) is 95.4 cm³/mol. The van der Waals surface area contributed by atoms with Gasteiger partial charge in [-0.2, -0.15) is 5.10 Å². The maximum absolute atomic E-state index is 12.3. The highest BCUT2D eigenvalue weighted by Crippen LogP contribution is 2.19. The normalized spacial score (nSPS) is 10.5. The third-order valence-corrected chi connectivity index (χ3v) is 3.85. The molecular weight excluding hydrogens is 316 g/mol. The van der Waals surface area contributed by atoms with Crippen molar-refractivity contribution in [1.82, 2.24) is 15.2 Å². The summed E-state index contributed by atoms with van der Waals surface area (Å²) in [5.74, 6) is 0.591. The number of pyridine rings is 1. The second-order valence-corrected chi connectivity index (χ2v) is 5.78. The molecule has 0 aliphatic heterocycles. The fraction of sp³-hybridized carbons (Fsp3) is 0.211. The summed E-state index contributed by atoms with van der Waals surface area (Å²) < 4.78 is 5.73. The van der Waals surface area contributed by atoms with E-state index in [1.807, 2.05) is 50.2 Å². The number of ether oxygens (including phenoxy) is 1. The van der Waals surface area contributed by atoms with Gasteiger partial charge in [-0.15, -0.1) is 0 Å². The van der Waals surface area contributed by atoms with Gasteiger partial charge in [0.1, 0.15) is 12.4 Å². The lowest BCUT2D eigenvalue weighted by atomic mass is 10.1. The van der Waals surface area contributed by atoms with Crippen molar-refractivity contribution in [3.05, 3.63) is 71.3 Å². The van der Waals surface area contributed by atoms with E-state index in [4.69, 9.17) is 4.74 Å². The van der Waals surface area contributed by atoms with Crippen LogP contribution in [0.5, 0.6) is 5.75 Å². The van der Waals surface area contributed by atoms with Gasteiger partial charge in [0.15, 0.2) is 0 Å². The van der Waals surface area contributed by atoms with Crippen molar-refractivity contribution in [3.63, 3.8) is 0 Å². The fourth-order valence-electron chi connectivity index (χ4n) is 2.50. The highest BCUT2D eigenvalue weighted by molar-refractivity contribution is 5.92. The molecule has 6 nitrogen and oxygen atoms in total. The maximum Gasteiger partial charge on any atom is 0.228 e. The van der Waals surface area contributed by atoms with Crippen LogP contribution in [0.3, 0.4) is 0 Å². The Morgan fingerprint density at radius 3 is 2.80 bits per heavy atom. The van der Waals surface area contributed by atoms with Gasteiger partial charge in [0.05, 0.1) is 17.8 Å². The third kappa shape index (κ3) is 4.44. The number of nitrogens with zero attached hydrogens (tertiary/aromatic N) is 2. The van der Waals surface area contributed by atoms with Gasteiger partial charge in [-0.1, -0.05) is 12.1 Å². The number of carbonyl (C=O) groups is 1. The Balaban J connectivity index is 1.60. The molecule has 0 aliphatic carbocycles. The van der Waals surface area contributed by atoms with E-state index in [-0.39, 0.29) is 12.3 Å². The van der Waals surface area contributed by atoms with Crippen molar-refractivity contribution in [2.24, 2.45) is 0 Å². The predicted octanol–water partition coefficient (Wildman–Crippen LogP) is 3.18. The Morgan fingerprint density at radius 1 is 1.20 bits per heavy atom. The first-order chi connectivity index (χ1) is 12.1. The molecule has 6 heteroatoms. The van der Waals surface area contributed by atoms with Crippen molar-refractivity contribution in [2.75, 3.05) is 5.32 Å². The van der Waals surface area contributed by atoms with Crippen LogP contribution in [0.4, 0.5) is 5.69 Å². The number of carbonyl (C=O) groups excluding carboxylic acids is 1. The van der Waals surface area contributed by atoms with E-state index in [0.29, 0.717) is 18.0 Å². The Bertz CT molecular complexity index is 839. The van der Waals surface area contributed by atoms with Crippen molar-refractivity contribution < 1.29 is 9.53 Å². The van der Waals surface area contributed by atoms with Crippen LogP contribution in [0.25, 0.3) is 0 Å².